The number of unbranched alkanes of at least 4 members (excludes halogenated alkanes) is 1. The zero-order valence-corrected chi connectivity index (χ0v) is 7.59. The molecule has 0 radical (unpaired) electrons. The van der Waals surface area contributed by atoms with E-state index in [1.54, 1.807) is 0 Å². The Morgan fingerprint density at radius 1 is 1.54 bits per heavy atom. The van der Waals surface area contributed by atoms with Gasteiger partial charge in [-0.15, -0.1) is 0 Å². The van der Waals surface area contributed by atoms with Gasteiger partial charge in [-0.3, -0.25) is 9.78 Å². The highest BCUT2D eigenvalue weighted by molar-refractivity contribution is 5.95. The summed E-state index contributed by atoms with van der Waals surface area (Å²) in [5.41, 5.74) is 0.369. The number of rotatable bonds is 4. The fraction of sp³-hybridized carbons (Fsp3) is 0.400. The van der Waals surface area contributed by atoms with Crippen LogP contribution in [0.25, 0.3) is 0 Å². The number of ketones is 1. The second kappa shape index (κ2) is 4.70. The topological polar surface area (TPSA) is 30.0 Å². The van der Waals surface area contributed by atoms with Gasteiger partial charge in [0.25, 0.3) is 0 Å². The monoisotopic (exact) mass is 181 g/mol. The van der Waals surface area contributed by atoms with Gasteiger partial charge in [0, 0.05) is 18.2 Å². The van der Waals surface area contributed by atoms with E-state index in [0.717, 1.165) is 19.0 Å². The van der Waals surface area contributed by atoms with E-state index in [2.05, 4.69) is 4.98 Å². The third-order valence-corrected chi connectivity index (χ3v) is 1.78. The van der Waals surface area contributed by atoms with Crippen molar-refractivity contribution in [3.63, 3.8) is 0 Å². The predicted octanol–water partition coefficient (Wildman–Crippen LogP) is 2.59. The van der Waals surface area contributed by atoms with Crippen molar-refractivity contribution in [3.05, 3.63) is 29.8 Å². The summed E-state index contributed by atoms with van der Waals surface area (Å²) in [5.74, 6) is -0.490. The van der Waals surface area contributed by atoms with Crippen LogP contribution in [0.15, 0.2) is 18.5 Å². The van der Waals surface area contributed by atoms with Crippen LogP contribution in [-0.4, -0.2) is 10.8 Å². The van der Waals surface area contributed by atoms with Crippen LogP contribution < -0.4 is 0 Å². The van der Waals surface area contributed by atoms with E-state index >= 15 is 0 Å². The molecule has 0 bridgehead atoms. The second-order valence-corrected chi connectivity index (χ2v) is 2.92. The summed E-state index contributed by atoms with van der Waals surface area (Å²) in [6.45, 7) is 2.01. The molecule has 0 aliphatic heterocycles. The average molecular weight is 181 g/mol. The SMILES string of the molecule is CCCCC(=O)c1cncc(F)c1. The van der Waals surface area contributed by atoms with Crippen LogP contribution in [0.4, 0.5) is 4.39 Å². The summed E-state index contributed by atoms with van der Waals surface area (Å²) >= 11 is 0. The maximum atomic E-state index is 12.6. The van der Waals surface area contributed by atoms with Gasteiger partial charge in [-0.2, -0.15) is 0 Å². The number of carbonyl (C=O) groups is 1. The van der Waals surface area contributed by atoms with Crippen LogP contribution >= 0.6 is 0 Å². The van der Waals surface area contributed by atoms with Gasteiger partial charge in [-0.05, 0) is 12.5 Å². The molecule has 0 aromatic carbocycles. The van der Waals surface area contributed by atoms with E-state index < -0.39 is 5.82 Å². The predicted molar refractivity (Wildman–Crippen MR) is 48.1 cm³/mol. The normalized spacial score (nSPS) is 10.0. The molecule has 70 valence electrons. The molecular formula is C10H12FNO. The Morgan fingerprint density at radius 3 is 2.92 bits per heavy atom. The highest BCUT2D eigenvalue weighted by atomic mass is 19.1. The first-order valence-electron chi connectivity index (χ1n) is 4.37. The minimum atomic E-state index is -0.456. The van der Waals surface area contributed by atoms with Crippen molar-refractivity contribution in [2.45, 2.75) is 26.2 Å². The highest BCUT2D eigenvalue weighted by Gasteiger charge is 2.05. The van der Waals surface area contributed by atoms with Gasteiger partial charge < -0.3 is 0 Å². The van der Waals surface area contributed by atoms with Crippen LogP contribution in [0.3, 0.4) is 0 Å². The summed E-state index contributed by atoms with van der Waals surface area (Å²) in [4.78, 5) is 15.0. The molecule has 3 heteroatoms. The van der Waals surface area contributed by atoms with E-state index in [-0.39, 0.29) is 5.78 Å². The van der Waals surface area contributed by atoms with Crippen molar-refractivity contribution < 1.29 is 9.18 Å². The van der Waals surface area contributed by atoms with Crippen molar-refractivity contribution >= 4 is 5.78 Å². The largest absolute Gasteiger partial charge is 0.294 e. The van der Waals surface area contributed by atoms with Crippen molar-refractivity contribution in [2.24, 2.45) is 0 Å². The van der Waals surface area contributed by atoms with Crippen LogP contribution in [0, 0.1) is 5.82 Å². The zero-order chi connectivity index (χ0) is 9.68. The number of pyridine rings is 1. The van der Waals surface area contributed by atoms with Crippen LogP contribution in [0.1, 0.15) is 36.5 Å². The summed E-state index contributed by atoms with van der Waals surface area (Å²) in [5, 5.41) is 0. The third kappa shape index (κ3) is 2.93. The standard InChI is InChI=1S/C10H12FNO/c1-2-3-4-10(13)8-5-9(11)7-12-6-8/h5-7H,2-4H2,1H3. The van der Waals surface area contributed by atoms with Crippen LogP contribution in [-0.2, 0) is 0 Å². The fourth-order valence-corrected chi connectivity index (χ4v) is 1.05. The number of nitrogens with zero attached hydrogens (tertiary/aromatic N) is 1. The third-order valence-electron chi connectivity index (χ3n) is 1.78. The first-order chi connectivity index (χ1) is 6.24. The van der Waals surface area contributed by atoms with E-state index in [0.29, 0.717) is 12.0 Å². The Bertz CT molecular complexity index is 299. The Morgan fingerprint density at radius 2 is 2.31 bits per heavy atom. The molecule has 1 rings (SSSR count). The van der Waals surface area contributed by atoms with Crippen LogP contribution in [0.5, 0.6) is 0 Å². The lowest BCUT2D eigenvalue weighted by Gasteiger charge is -1.98. The lowest BCUT2D eigenvalue weighted by Crippen LogP contribution is -1.99. The lowest BCUT2D eigenvalue weighted by molar-refractivity contribution is 0.0979. The maximum absolute atomic E-state index is 12.6. The summed E-state index contributed by atoms with van der Waals surface area (Å²) in [6, 6.07) is 1.23. The molecule has 13 heavy (non-hydrogen) atoms. The van der Waals surface area contributed by atoms with E-state index in [4.69, 9.17) is 0 Å². The van der Waals surface area contributed by atoms with Gasteiger partial charge in [0.05, 0.1) is 6.20 Å². The molecule has 0 aliphatic carbocycles. The Balaban J connectivity index is 2.66. The summed E-state index contributed by atoms with van der Waals surface area (Å²) < 4.78 is 12.6. The Hall–Kier alpha value is -1.25. The summed E-state index contributed by atoms with van der Waals surface area (Å²) in [6.07, 6.45) is 4.78. The highest BCUT2D eigenvalue weighted by Crippen LogP contribution is 2.06. The van der Waals surface area contributed by atoms with Gasteiger partial charge in [0.1, 0.15) is 5.82 Å². The molecule has 0 atom stereocenters. The van der Waals surface area contributed by atoms with Crippen molar-refractivity contribution in [2.75, 3.05) is 0 Å². The zero-order valence-electron chi connectivity index (χ0n) is 7.59. The van der Waals surface area contributed by atoms with E-state index in [9.17, 15) is 9.18 Å². The number of hydrogen-bond acceptors (Lipinski definition) is 2. The number of Topliss-reactive ketones (excluding diaryl/α,β-unsaturated/α-hetero) is 1. The minimum Gasteiger partial charge on any atom is -0.294 e. The molecule has 0 saturated carbocycles. The minimum absolute atomic E-state index is 0.0335. The first kappa shape index (κ1) is 9.84. The second-order valence-electron chi connectivity index (χ2n) is 2.92. The summed E-state index contributed by atoms with van der Waals surface area (Å²) in [7, 11) is 0. The quantitative estimate of drug-likeness (QED) is 0.668. The molecule has 0 N–H and O–H groups in total. The number of carbonyl (C=O) groups excluding carboxylic acids is 1. The van der Waals surface area contributed by atoms with Crippen molar-refractivity contribution in [3.8, 4) is 0 Å². The molecule has 1 aromatic rings. The lowest BCUT2D eigenvalue weighted by atomic mass is 10.1. The van der Waals surface area contributed by atoms with E-state index in [1.165, 1.54) is 12.3 Å². The van der Waals surface area contributed by atoms with Gasteiger partial charge >= 0.3 is 0 Å². The smallest absolute Gasteiger partial charge is 0.164 e. The molecule has 1 aromatic heterocycles. The molecular weight excluding hydrogens is 169 g/mol. The Kier molecular flexibility index (Phi) is 3.55. The first-order valence-corrected chi connectivity index (χ1v) is 4.37. The average Bonchev–Trinajstić information content (AvgIpc) is 2.14. The van der Waals surface area contributed by atoms with Gasteiger partial charge in [-0.1, -0.05) is 13.3 Å². The number of halogens is 1. The number of hydrogen-bond donors (Lipinski definition) is 0. The van der Waals surface area contributed by atoms with E-state index in [1.807, 2.05) is 6.92 Å². The molecule has 0 unspecified atom stereocenters. The van der Waals surface area contributed by atoms with Gasteiger partial charge in [0.2, 0.25) is 0 Å². The van der Waals surface area contributed by atoms with Gasteiger partial charge in [0.15, 0.2) is 5.78 Å². The molecule has 0 fully saturated rings. The molecule has 2 nitrogen and oxygen atoms in total. The molecule has 0 amide bonds. The molecule has 0 saturated heterocycles. The molecule has 1 heterocycles. The Labute approximate surface area is 76.8 Å². The van der Waals surface area contributed by atoms with Gasteiger partial charge in [-0.25, -0.2) is 4.39 Å². The molecule has 0 aliphatic rings. The molecule has 0 spiro atoms. The van der Waals surface area contributed by atoms with Crippen molar-refractivity contribution in [1.29, 1.82) is 0 Å². The van der Waals surface area contributed by atoms with Crippen molar-refractivity contribution in [1.82, 2.24) is 4.98 Å². The number of aromatic nitrogens is 1. The maximum Gasteiger partial charge on any atom is 0.164 e. The fourth-order valence-electron chi connectivity index (χ4n) is 1.05. The van der Waals surface area contributed by atoms with Crippen LogP contribution in [0.2, 0.25) is 0 Å².